The Bertz CT molecular complexity index is 739. The lowest BCUT2D eigenvalue weighted by Crippen LogP contribution is -1.94. The monoisotopic (exact) mass is 319 g/mol. The van der Waals surface area contributed by atoms with Gasteiger partial charge in [0.25, 0.3) is 0 Å². The maximum absolute atomic E-state index is 10.7. The predicted molar refractivity (Wildman–Crippen MR) is 83.5 cm³/mol. The highest BCUT2D eigenvalue weighted by atomic mass is 16.4. The first-order chi connectivity index (χ1) is 10.8. The summed E-state index contributed by atoms with van der Waals surface area (Å²) in [6, 6.07) is 7.94. The summed E-state index contributed by atoms with van der Waals surface area (Å²) in [6.07, 6.45) is 0. The van der Waals surface area contributed by atoms with Gasteiger partial charge in [-0.15, -0.1) is 0 Å². The van der Waals surface area contributed by atoms with Gasteiger partial charge in [0.1, 0.15) is 23.0 Å². The van der Waals surface area contributed by atoms with Crippen LogP contribution in [0.4, 0.5) is 0 Å². The fourth-order valence-electron chi connectivity index (χ4n) is 1.70. The molecular formula is C16H17NO6. The lowest BCUT2D eigenvalue weighted by atomic mass is 10.1. The van der Waals surface area contributed by atoms with Gasteiger partial charge in [-0.2, -0.15) is 0 Å². The third-order valence-electron chi connectivity index (χ3n) is 2.88. The van der Waals surface area contributed by atoms with Crippen LogP contribution in [-0.2, 0) is 0 Å². The van der Waals surface area contributed by atoms with Gasteiger partial charge < -0.3 is 25.6 Å². The summed E-state index contributed by atoms with van der Waals surface area (Å²) in [7, 11) is 0. The van der Waals surface area contributed by atoms with Crippen LogP contribution >= 0.6 is 0 Å². The van der Waals surface area contributed by atoms with Crippen molar-refractivity contribution in [3.05, 3.63) is 47.5 Å². The summed E-state index contributed by atoms with van der Waals surface area (Å²) in [5.74, 6) is -0.584. The van der Waals surface area contributed by atoms with Gasteiger partial charge in [0, 0.05) is 17.7 Å². The average molecular weight is 319 g/mol. The molecule has 0 heterocycles. The summed E-state index contributed by atoms with van der Waals surface area (Å²) in [6.45, 7) is 2.90. The van der Waals surface area contributed by atoms with E-state index in [1.807, 2.05) is 0 Å². The molecule has 2 rings (SSSR count). The quantitative estimate of drug-likeness (QED) is 0.250. The van der Waals surface area contributed by atoms with Gasteiger partial charge >= 0.3 is 0 Å². The molecule has 0 aliphatic rings. The molecule has 0 unspecified atom stereocenters. The van der Waals surface area contributed by atoms with Crippen LogP contribution in [0.3, 0.4) is 0 Å². The van der Waals surface area contributed by atoms with Gasteiger partial charge in [0.2, 0.25) is 0 Å². The zero-order valence-electron chi connectivity index (χ0n) is 12.6. The smallest absolute Gasteiger partial charge is 0.163 e. The molecule has 0 aliphatic carbocycles. The predicted octanol–water partition coefficient (Wildman–Crippen LogP) is 2.60. The molecule has 0 bridgehead atoms. The first kappa shape index (κ1) is 17.8. The molecule has 7 heteroatoms. The van der Waals surface area contributed by atoms with Gasteiger partial charge in [-0.3, -0.25) is 4.79 Å². The van der Waals surface area contributed by atoms with E-state index in [4.69, 9.17) is 20.5 Å². The highest BCUT2D eigenvalue weighted by Crippen LogP contribution is 2.23. The van der Waals surface area contributed by atoms with Crippen molar-refractivity contribution >= 4 is 11.5 Å². The van der Waals surface area contributed by atoms with Gasteiger partial charge in [0.05, 0.1) is 11.3 Å². The number of rotatable bonds is 2. The average Bonchev–Trinajstić information content (AvgIpc) is 2.46. The number of Topliss-reactive ketones (excluding diaryl/α,β-unsaturated/α-hetero) is 1. The molecule has 0 fully saturated rings. The second kappa shape index (κ2) is 7.69. The van der Waals surface area contributed by atoms with Gasteiger partial charge in [0.15, 0.2) is 5.78 Å². The maximum atomic E-state index is 10.7. The number of ketones is 1. The second-order valence-electron chi connectivity index (χ2n) is 4.64. The van der Waals surface area contributed by atoms with E-state index in [1.165, 1.54) is 37.3 Å². The van der Waals surface area contributed by atoms with E-state index in [9.17, 15) is 9.90 Å². The molecule has 23 heavy (non-hydrogen) atoms. The molecule has 7 nitrogen and oxygen atoms in total. The van der Waals surface area contributed by atoms with Gasteiger partial charge in [-0.05, 0) is 38.1 Å². The number of carbonyl (C=O) groups is 1. The first-order valence-corrected chi connectivity index (χ1v) is 6.50. The number of aromatic hydroxyl groups is 4. The molecule has 0 aliphatic heterocycles. The van der Waals surface area contributed by atoms with Gasteiger partial charge in [-0.25, -0.2) is 0 Å². The Balaban J connectivity index is 0.000000231. The summed E-state index contributed by atoms with van der Waals surface area (Å²) >= 11 is 0. The van der Waals surface area contributed by atoms with Crippen LogP contribution in [0.5, 0.6) is 23.0 Å². The minimum atomic E-state index is -0.220. The van der Waals surface area contributed by atoms with Crippen LogP contribution in [0.25, 0.3) is 0 Å². The molecule has 0 saturated carbocycles. The van der Waals surface area contributed by atoms with E-state index in [0.29, 0.717) is 11.3 Å². The van der Waals surface area contributed by atoms with E-state index >= 15 is 0 Å². The first-order valence-electron chi connectivity index (χ1n) is 6.50. The summed E-state index contributed by atoms with van der Waals surface area (Å²) in [5, 5.41) is 47.4. The number of oxime groups is 1. The SMILES string of the molecule is C/C(=N\O)c1ccc(O)cc1O.CC(=O)c1ccc(O)cc1O. The largest absolute Gasteiger partial charge is 0.508 e. The van der Waals surface area contributed by atoms with Crippen LogP contribution in [0, 0.1) is 0 Å². The molecule has 2 aromatic carbocycles. The Hall–Kier alpha value is -3.22. The zero-order valence-corrected chi connectivity index (χ0v) is 12.6. The summed E-state index contributed by atoms with van der Waals surface area (Å²) < 4.78 is 0. The van der Waals surface area contributed by atoms with Crippen LogP contribution in [0.15, 0.2) is 41.6 Å². The topological polar surface area (TPSA) is 131 Å². The highest BCUT2D eigenvalue weighted by Gasteiger charge is 2.06. The van der Waals surface area contributed by atoms with Gasteiger partial charge in [-0.1, -0.05) is 5.16 Å². The molecule has 0 aromatic heterocycles. The summed E-state index contributed by atoms with van der Waals surface area (Å²) in [4.78, 5) is 10.7. The number of hydrogen-bond donors (Lipinski definition) is 5. The Morgan fingerprint density at radius 3 is 1.61 bits per heavy atom. The van der Waals surface area contributed by atoms with Crippen molar-refractivity contribution in [2.75, 3.05) is 0 Å². The van der Waals surface area contributed by atoms with E-state index in [1.54, 1.807) is 6.92 Å². The van der Waals surface area contributed by atoms with Crippen LogP contribution < -0.4 is 0 Å². The van der Waals surface area contributed by atoms with Crippen LogP contribution in [0.1, 0.15) is 29.8 Å². The minimum Gasteiger partial charge on any atom is -0.508 e. The molecule has 0 saturated heterocycles. The number of benzene rings is 2. The number of nitrogens with zero attached hydrogens (tertiary/aromatic N) is 1. The molecule has 0 amide bonds. The number of phenols is 4. The van der Waals surface area contributed by atoms with E-state index in [0.717, 1.165) is 6.07 Å². The second-order valence-corrected chi connectivity index (χ2v) is 4.64. The normalized spacial score (nSPS) is 10.6. The molecule has 5 N–H and O–H groups in total. The van der Waals surface area contributed by atoms with Crippen molar-refractivity contribution in [2.45, 2.75) is 13.8 Å². The van der Waals surface area contributed by atoms with Crippen molar-refractivity contribution in [3.63, 3.8) is 0 Å². The Labute approximate surface area is 132 Å². The fourth-order valence-corrected chi connectivity index (χ4v) is 1.70. The fraction of sp³-hybridized carbons (Fsp3) is 0.125. The van der Waals surface area contributed by atoms with E-state index in [2.05, 4.69) is 5.16 Å². The standard InChI is InChI=1S/C8H9NO3.C8H8O3/c1-5(9-12)7-3-2-6(10)4-8(7)11;1-5(9)7-3-2-6(10)4-8(7)11/h2-4,10-12H,1H3;2-4,10-11H,1H3/b9-5+;. The van der Waals surface area contributed by atoms with Crippen molar-refractivity contribution in [1.82, 2.24) is 0 Å². The third kappa shape index (κ3) is 4.92. The summed E-state index contributed by atoms with van der Waals surface area (Å²) in [5.41, 5.74) is 0.922. The molecule has 122 valence electrons. The van der Waals surface area contributed by atoms with E-state index in [-0.39, 0.29) is 34.3 Å². The minimum absolute atomic E-state index is 0.0259. The van der Waals surface area contributed by atoms with Crippen LogP contribution in [-0.4, -0.2) is 37.1 Å². The molecular weight excluding hydrogens is 302 g/mol. The van der Waals surface area contributed by atoms with Crippen LogP contribution in [0.2, 0.25) is 0 Å². The van der Waals surface area contributed by atoms with Crippen molar-refractivity contribution < 1.29 is 30.4 Å². The molecule has 0 spiro atoms. The molecule has 0 radical (unpaired) electrons. The zero-order chi connectivity index (χ0) is 17.6. The molecule has 2 aromatic rings. The Morgan fingerprint density at radius 2 is 1.26 bits per heavy atom. The van der Waals surface area contributed by atoms with Crippen molar-refractivity contribution in [3.8, 4) is 23.0 Å². The molecule has 0 atom stereocenters. The lowest BCUT2D eigenvalue weighted by molar-refractivity contribution is 0.101. The van der Waals surface area contributed by atoms with E-state index < -0.39 is 0 Å². The Morgan fingerprint density at radius 1 is 0.826 bits per heavy atom. The number of phenolic OH excluding ortho intramolecular Hbond substituents is 4. The number of carbonyl (C=O) groups excluding carboxylic acids is 1. The highest BCUT2D eigenvalue weighted by molar-refractivity contribution is 6.00. The lowest BCUT2D eigenvalue weighted by Gasteiger charge is -2.01. The number of hydrogen-bond acceptors (Lipinski definition) is 7. The van der Waals surface area contributed by atoms with Crippen molar-refractivity contribution in [1.29, 1.82) is 0 Å². The maximum Gasteiger partial charge on any atom is 0.163 e. The Kier molecular flexibility index (Phi) is 5.96. The van der Waals surface area contributed by atoms with Crippen molar-refractivity contribution in [2.24, 2.45) is 5.16 Å². The third-order valence-corrected chi connectivity index (χ3v) is 2.88.